The van der Waals surface area contributed by atoms with Gasteiger partial charge < -0.3 is 0 Å². The van der Waals surface area contributed by atoms with E-state index < -0.39 is 5.95 Å². The molecule has 4 heterocycles. The van der Waals surface area contributed by atoms with E-state index in [2.05, 4.69) is 34.0 Å². The zero-order valence-electron chi connectivity index (χ0n) is 21.8. The molecule has 41 heavy (non-hydrogen) atoms. The third-order valence-electron chi connectivity index (χ3n) is 8.72. The molecule has 3 atom stereocenters. The third kappa shape index (κ3) is 4.03. The van der Waals surface area contributed by atoms with E-state index in [0.717, 1.165) is 31.2 Å². The Balaban J connectivity index is 1.14. The highest BCUT2D eigenvalue weighted by atomic mass is 35.5. The van der Waals surface area contributed by atoms with Crippen molar-refractivity contribution in [2.24, 2.45) is 10.9 Å². The van der Waals surface area contributed by atoms with Gasteiger partial charge in [-0.2, -0.15) is 4.39 Å². The number of aromatic nitrogens is 5. The van der Waals surface area contributed by atoms with Crippen LogP contribution in [0.15, 0.2) is 82.1 Å². The largest absolute Gasteiger partial charge is 0.289 e. The van der Waals surface area contributed by atoms with E-state index in [1.54, 1.807) is 29.0 Å². The maximum atomic E-state index is 15.5. The first-order valence-electron chi connectivity index (χ1n) is 13.6. The summed E-state index contributed by atoms with van der Waals surface area (Å²) in [6, 6.07) is 12.6. The van der Waals surface area contributed by atoms with E-state index >= 15 is 4.39 Å². The average molecular weight is 585 g/mol. The Labute approximate surface area is 244 Å². The summed E-state index contributed by atoms with van der Waals surface area (Å²) in [6.45, 7) is 4.13. The van der Waals surface area contributed by atoms with Crippen molar-refractivity contribution in [3.8, 4) is 16.9 Å². The number of aryl methyl sites for hydroxylation is 1. The molecule has 2 aromatic heterocycles. The highest BCUT2D eigenvalue weighted by Gasteiger charge is 2.56. The molecule has 2 aliphatic carbocycles. The Hall–Kier alpha value is -3.88. The molecule has 1 fully saturated rings. The number of aliphatic imine (C=N–C) groups is 1. The summed E-state index contributed by atoms with van der Waals surface area (Å²) in [6.07, 6.45) is 5.63. The van der Waals surface area contributed by atoms with Crippen molar-refractivity contribution in [2.45, 2.75) is 44.1 Å². The lowest BCUT2D eigenvalue weighted by Gasteiger charge is -2.20. The minimum absolute atomic E-state index is 0.0947. The lowest BCUT2D eigenvalue weighted by molar-refractivity contribution is 0.493. The molecule has 2 aliphatic heterocycles. The fourth-order valence-corrected chi connectivity index (χ4v) is 6.98. The number of fused-ring (bicyclic) bond motifs is 4. The molecule has 0 amide bonds. The summed E-state index contributed by atoms with van der Waals surface area (Å²) < 4.78 is 18.7. The van der Waals surface area contributed by atoms with Gasteiger partial charge in [0.15, 0.2) is 5.15 Å². The minimum Gasteiger partial charge on any atom is -0.289 e. The van der Waals surface area contributed by atoms with Crippen LogP contribution in [0, 0.1) is 5.92 Å². The van der Waals surface area contributed by atoms with Gasteiger partial charge >= 0.3 is 0 Å². The van der Waals surface area contributed by atoms with E-state index in [1.165, 1.54) is 27.4 Å². The summed E-state index contributed by atoms with van der Waals surface area (Å²) in [5.41, 5.74) is 7.55. The second-order valence-corrected chi connectivity index (χ2v) is 12.1. The molecule has 3 unspecified atom stereocenters. The van der Waals surface area contributed by atoms with Crippen molar-refractivity contribution in [3.63, 3.8) is 0 Å². The highest BCUT2D eigenvalue weighted by molar-refractivity contribution is 6.31. The molecule has 0 radical (unpaired) electrons. The van der Waals surface area contributed by atoms with Crippen LogP contribution in [0.3, 0.4) is 0 Å². The zero-order valence-corrected chi connectivity index (χ0v) is 23.3. The van der Waals surface area contributed by atoms with Crippen LogP contribution in [0.1, 0.15) is 53.7 Å². The average Bonchev–Trinajstić information content (AvgIpc) is 3.28. The molecule has 0 saturated heterocycles. The molecule has 8 rings (SSSR count). The minimum atomic E-state index is -0.481. The maximum absolute atomic E-state index is 15.5. The maximum Gasteiger partial charge on any atom is 0.254 e. The topological polar surface area (TPSA) is 78.0 Å². The molecular formula is C31H23Cl2FN6O. The molecule has 1 saturated carbocycles. The Morgan fingerprint density at radius 1 is 1.02 bits per heavy atom. The molecule has 2 aromatic carbocycles. The normalized spacial score (nSPS) is 22.5. The highest BCUT2D eigenvalue weighted by Crippen LogP contribution is 2.61. The van der Waals surface area contributed by atoms with E-state index in [9.17, 15) is 4.79 Å². The van der Waals surface area contributed by atoms with Gasteiger partial charge in [0.2, 0.25) is 5.95 Å². The summed E-state index contributed by atoms with van der Waals surface area (Å²) >= 11 is 12.3. The van der Waals surface area contributed by atoms with Gasteiger partial charge in [0.1, 0.15) is 5.82 Å². The van der Waals surface area contributed by atoms with Gasteiger partial charge in [-0.15, -0.1) is 5.10 Å². The molecule has 4 aliphatic rings. The van der Waals surface area contributed by atoms with Crippen LogP contribution in [0.25, 0.3) is 16.9 Å². The summed E-state index contributed by atoms with van der Waals surface area (Å²) in [5.74, 6) is 0.416. The third-order valence-corrected chi connectivity index (χ3v) is 9.13. The quantitative estimate of drug-likeness (QED) is 0.200. The standard InChI is InChI=1S/C31H23Cl2FN6O/c1-15-2-3-17-9-18(5-4-16(17)8-15)24-12-23(30(34)35-24)29-20-11-21(20)31-36-25(13-28(41)40(29)31)22-10-19(32)6-7-26(22)39-14-27(33)37-38-39/h4-7,9-10,13-14,20-21,29H,1-3,8,11-12H2. The molecule has 0 N–H and O–H groups in total. The molecule has 10 heteroatoms. The first-order chi connectivity index (χ1) is 19.8. The number of benzene rings is 2. The SMILES string of the molecule is C=C1CCc2cc(C3=NC(F)=C(C4C5CC5c5nc(-c6cc(Cl)ccc6-n6cc(Cl)nn6)cc(=O)n54)C3)ccc2C1. The Kier molecular flexibility index (Phi) is 5.50. The lowest BCUT2D eigenvalue weighted by Crippen LogP contribution is -2.27. The number of hydrogen-bond donors (Lipinski definition) is 0. The Morgan fingerprint density at radius 2 is 1.90 bits per heavy atom. The van der Waals surface area contributed by atoms with Gasteiger partial charge in [-0.1, -0.05) is 52.7 Å². The van der Waals surface area contributed by atoms with Gasteiger partial charge in [-0.3, -0.25) is 9.36 Å². The predicted octanol–water partition coefficient (Wildman–Crippen LogP) is 6.58. The van der Waals surface area contributed by atoms with Crippen molar-refractivity contribution < 1.29 is 4.39 Å². The van der Waals surface area contributed by atoms with Crippen molar-refractivity contribution in [1.29, 1.82) is 0 Å². The molecule has 4 aromatic rings. The second-order valence-electron chi connectivity index (χ2n) is 11.3. The van der Waals surface area contributed by atoms with Crippen molar-refractivity contribution in [3.05, 3.63) is 115 Å². The van der Waals surface area contributed by atoms with Crippen LogP contribution in [0.2, 0.25) is 10.2 Å². The number of rotatable bonds is 4. The number of halogens is 3. The zero-order chi connectivity index (χ0) is 28.0. The number of allylic oxidation sites excluding steroid dienone is 2. The summed E-state index contributed by atoms with van der Waals surface area (Å²) in [5, 5.41) is 8.67. The monoisotopic (exact) mass is 584 g/mol. The Bertz CT molecular complexity index is 1940. The van der Waals surface area contributed by atoms with Crippen molar-refractivity contribution in [1.82, 2.24) is 24.5 Å². The van der Waals surface area contributed by atoms with Gasteiger partial charge in [-0.05, 0) is 72.6 Å². The summed E-state index contributed by atoms with van der Waals surface area (Å²) in [7, 11) is 0. The first kappa shape index (κ1) is 24.9. The number of hydrogen-bond acceptors (Lipinski definition) is 5. The molecular weight excluding hydrogens is 562 g/mol. The van der Waals surface area contributed by atoms with Gasteiger partial charge in [-0.25, -0.2) is 14.7 Å². The Morgan fingerprint density at radius 3 is 2.73 bits per heavy atom. The second kappa shape index (κ2) is 9.06. The number of nitrogens with zero attached hydrogens (tertiary/aromatic N) is 6. The molecule has 204 valence electrons. The van der Waals surface area contributed by atoms with Gasteiger partial charge in [0, 0.05) is 34.6 Å². The fraction of sp³-hybridized carbons (Fsp3) is 0.258. The van der Waals surface area contributed by atoms with Crippen LogP contribution in [-0.2, 0) is 12.8 Å². The predicted molar refractivity (Wildman–Crippen MR) is 156 cm³/mol. The summed E-state index contributed by atoms with van der Waals surface area (Å²) in [4.78, 5) is 23.0. The molecule has 0 bridgehead atoms. The van der Waals surface area contributed by atoms with Gasteiger partial charge in [0.05, 0.1) is 29.3 Å². The van der Waals surface area contributed by atoms with Crippen molar-refractivity contribution >= 4 is 28.9 Å². The fourth-order valence-electron chi connectivity index (χ4n) is 6.68. The first-order valence-corrected chi connectivity index (χ1v) is 14.4. The van der Waals surface area contributed by atoms with E-state index in [1.807, 2.05) is 6.07 Å². The van der Waals surface area contributed by atoms with Crippen LogP contribution >= 0.6 is 23.2 Å². The van der Waals surface area contributed by atoms with Crippen LogP contribution in [0.5, 0.6) is 0 Å². The van der Waals surface area contributed by atoms with Crippen LogP contribution in [-0.4, -0.2) is 30.3 Å². The smallest absolute Gasteiger partial charge is 0.254 e. The van der Waals surface area contributed by atoms with E-state index in [-0.39, 0.29) is 28.6 Å². The van der Waals surface area contributed by atoms with E-state index in [0.29, 0.717) is 45.5 Å². The van der Waals surface area contributed by atoms with Gasteiger partial charge in [0.25, 0.3) is 5.56 Å². The molecule has 7 nitrogen and oxygen atoms in total. The lowest BCUT2D eigenvalue weighted by atomic mass is 9.86. The van der Waals surface area contributed by atoms with Crippen LogP contribution in [0.4, 0.5) is 4.39 Å². The van der Waals surface area contributed by atoms with E-state index in [4.69, 9.17) is 28.2 Å². The van der Waals surface area contributed by atoms with Crippen molar-refractivity contribution in [2.75, 3.05) is 0 Å². The van der Waals surface area contributed by atoms with Crippen LogP contribution < -0.4 is 5.56 Å². The molecule has 0 spiro atoms.